The molecule has 3 aromatic rings. The van der Waals surface area contributed by atoms with Gasteiger partial charge in [0, 0.05) is 43.9 Å². The zero-order chi connectivity index (χ0) is 22.8. The predicted octanol–water partition coefficient (Wildman–Crippen LogP) is 4.42. The number of carbonyl (C=O) groups excluding carboxylic acids is 2. The first-order valence-corrected chi connectivity index (χ1v) is 11.2. The van der Waals surface area contributed by atoms with Crippen molar-refractivity contribution in [1.82, 2.24) is 9.88 Å². The molecule has 1 spiro atoms. The number of nitrogens with zero attached hydrogens (tertiary/aromatic N) is 2. The van der Waals surface area contributed by atoms with Gasteiger partial charge in [-0.15, -0.1) is 0 Å². The van der Waals surface area contributed by atoms with Gasteiger partial charge < -0.3 is 9.47 Å². The van der Waals surface area contributed by atoms with Gasteiger partial charge in [-0.2, -0.15) is 0 Å². The molecular weight excluding hydrogens is 416 g/mol. The molecule has 168 valence electrons. The maximum atomic E-state index is 13.0. The molecule has 1 fully saturated rings. The lowest BCUT2D eigenvalue weighted by Gasteiger charge is -2.44. The van der Waals surface area contributed by atoms with Gasteiger partial charge in [-0.1, -0.05) is 30.3 Å². The zero-order valence-corrected chi connectivity index (χ0v) is 18.6. The maximum absolute atomic E-state index is 13.0. The number of piperidine rings is 1. The molecule has 0 aliphatic carbocycles. The molecule has 2 aromatic carbocycles. The summed E-state index contributed by atoms with van der Waals surface area (Å²) in [5.41, 5.74) is 2.98. The van der Waals surface area contributed by atoms with E-state index in [-0.39, 0.29) is 5.78 Å². The largest absolute Gasteiger partial charge is 0.486 e. The van der Waals surface area contributed by atoms with E-state index in [9.17, 15) is 9.59 Å². The summed E-state index contributed by atoms with van der Waals surface area (Å²) >= 11 is 0. The van der Waals surface area contributed by atoms with Crippen LogP contribution in [0.3, 0.4) is 0 Å². The highest BCUT2D eigenvalue weighted by atomic mass is 16.5. The molecule has 5 rings (SSSR count). The van der Waals surface area contributed by atoms with E-state index in [2.05, 4.69) is 27.8 Å². The second-order valence-electron chi connectivity index (χ2n) is 8.77. The summed E-state index contributed by atoms with van der Waals surface area (Å²) < 4.78 is 11.0. The third-order valence-electron chi connectivity index (χ3n) is 6.54. The Bertz CT molecular complexity index is 1240. The standard InChI is InChI=1S/C27H26N2O4/c1-32-26(31)11-7-19-6-10-25-22(16-19)24(30)17-27(33-25)12-14-29(15-13-27)18-21-9-8-20-4-2-3-5-23(20)28-21/h2-11,16H,12-15,17-18H2,1H3. The number of hydrogen-bond donors (Lipinski definition) is 0. The average molecular weight is 443 g/mol. The zero-order valence-electron chi connectivity index (χ0n) is 18.6. The number of esters is 1. The van der Waals surface area contributed by atoms with Crippen LogP contribution in [0.5, 0.6) is 5.75 Å². The van der Waals surface area contributed by atoms with Gasteiger partial charge in [-0.05, 0) is 35.9 Å². The van der Waals surface area contributed by atoms with Crippen LogP contribution >= 0.6 is 0 Å². The van der Waals surface area contributed by atoms with Crippen molar-refractivity contribution in [3.05, 3.63) is 77.5 Å². The number of para-hydroxylation sites is 1. The van der Waals surface area contributed by atoms with Gasteiger partial charge in [0.1, 0.15) is 11.4 Å². The summed E-state index contributed by atoms with van der Waals surface area (Å²) in [6.07, 6.45) is 4.97. The summed E-state index contributed by atoms with van der Waals surface area (Å²) in [6.45, 7) is 2.51. The third-order valence-corrected chi connectivity index (χ3v) is 6.54. The molecule has 3 heterocycles. The number of ketones is 1. The highest BCUT2D eigenvalue weighted by Crippen LogP contribution is 2.40. The van der Waals surface area contributed by atoms with E-state index in [0.29, 0.717) is 17.7 Å². The van der Waals surface area contributed by atoms with Gasteiger partial charge in [0.05, 0.1) is 30.3 Å². The lowest BCUT2D eigenvalue weighted by atomic mass is 9.82. The number of likely N-dealkylation sites (tertiary alicyclic amines) is 1. The topological polar surface area (TPSA) is 68.7 Å². The first-order chi connectivity index (χ1) is 16.0. The van der Waals surface area contributed by atoms with Gasteiger partial charge in [-0.25, -0.2) is 4.79 Å². The van der Waals surface area contributed by atoms with E-state index in [1.165, 1.54) is 13.2 Å². The lowest BCUT2D eigenvalue weighted by Crippen LogP contribution is -2.50. The number of aromatic nitrogens is 1. The first-order valence-electron chi connectivity index (χ1n) is 11.2. The van der Waals surface area contributed by atoms with Gasteiger partial charge in [0.15, 0.2) is 5.78 Å². The number of fused-ring (bicyclic) bond motifs is 2. The molecule has 2 aliphatic rings. The fraction of sp³-hybridized carbons (Fsp3) is 0.296. The molecule has 2 aliphatic heterocycles. The highest BCUT2D eigenvalue weighted by Gasteiger charge is 2.42. The van der Waals surface area contributed by atoms with Gasteiger partial charge in [0.25, 0.3) is 0 Å². The molecule has 0 saturated carbocycles. The van der Waals surface area contributed by atoms with Gasteiger partial charge in [-0.3, -0.25) is 14.7 Å². The van der Waals surface area contributed by atoms with Crippen LogP contribution in [0.1, 0.15) is 40.9 Å². The number of pyridine rings is 1. The van der Waals surface area contributed by atoms with Crippen LogP contribution in [0, 0.1) is 0 Å². The molecule has 0 radical (unpaired) electrons. The second-order valence-corrected chi connectivity index (χ2v) is 8.77. The predicted molar refractivity (Wildman–Crippen MR) is 126 cm³/mol. The van der Waals surface area contributed by atoms with Crippen LogP contribution in [-0.4, -0.2) is 47.4 Å². The first kappa shape index (κ1) is 21.3. The average Bonchev–Trinajstić information content (AvgIpc) is 2.84. The minimum absolute atomic E-state index is 0.0919. The summed E-state index contributed by atoms with van der Waals surface area (Å²) in [5.74, 6) is 0.292. The van der Waals surface area contributed by atoms with Crippen LogP contribution in [-0.2, 0) is 16.1 Å². The normalized spacial score (nSPS) is 17.8. The van der Waals surface area contributed by atoms with E-state index in [0.717, 1.165) is 54.6 Å². The van der Waals surface area contributed by atoms with E-state index >= 15 is 0 Å². The quantitative estimate of drug-likeness (QED) is 0.440. The molecule has 0 unspecified atom stereocenters. The number of rotatable bonds is 4. The molecule has 0 amide bonds. The summed E-state index contributed by atoms with van der Waals surface area (Å²) in [6, 6.07) is 17.8. The van der Waals surface area contributed by atoms with E-state index in [1.54, 1.807) is 12.1 Å². The van der Waals surface area contributed by atoms with Crippen molar-refractivity contribution in [2.45, 2.75) is 31.4 Å². The molecule has 0 bridgehead atoms. The Morgan fingerprint density at radius 3 is 2.79 bits per heavy atom. The Kier molecular flexibility index (Phi) is 5.68. The molecule has 1 saturated heterocycles. The molecule has 0 N–H and O–H groups in total. The molecule has 6 heteroatoms. The van der Waals surface area contributed by atoms with Crippen LogP contribution in [0.25, 0.3) is 17.0 Å². The van der Waals surface area contributed by atoms with E-state index < -0.39 is 11.6 Å². The van der Waals surface area contributed by atoms with Crippen molar-refractivity contribution in [1.29, 1.82) is 0 Å². The van der Waals surface area contributed by atoms with Crippen LogP contribution in [0.15, 0.2) is 60.7 Å². The Hall–Kier alpha value is -3.51. The molecular formula is C27H26N2O4. The SMILES string of the molecule is COC(=O)C=Cc1ccc2c(c1)C(=O)CC1(CCN(Cc3ccc4ccccc4n3)CC1)O2. The Morgan fingerprint density at radius 2 is 1.97 bits per heavy atom. The Morgan fingerprint density at radius 1 is 1.15 bits per heavy atom. The number of Topliss-reactive ketones (excluding diaryl/α,β-unsaturated/α-hetero) is 1. The Balaban J connectivity index is 1.25. The van der Waals surface area contributed by atoms with Crippen molar-refractivity contribution < 1.29 is 19.1 Å². The summed E-state index contributed by atoms with van der Waals surface area (Å²) in [7, 11) is 1.33. The van der Waals surface area contributed by atoms with Crippen molar-refractivity contribution in [2.24, 2.45) is 0 Å². The highest BCUT2D eigenvalue weighted by molar-refractivity contribution is 6.01. The van der Waals surface area contributed by atoms with E-state index in [4.69, 9.17) is 9.72 Å². The number of ether oxygens (including phenoxy) is 2. The number of benzene rings is 2. The van der Waals surface area contributed by atoms with Crippen LogP contribution in [0.4, 0.5) is 0 Å². The summed E-state index contributed by atoms with van der Waals surface area (Å²) in [5, 5.41) is 1.15. The van der Waals surface area contributed by atoms with E-state index in [1.807, 2.05) is 30.3 Å². The van der Waals surface area contributed by atoms with Crippen molar-refractivity contribution >= 4 is 28.7 Å². The minimum atomic E-state index is -0.444. The number of methoxy groups -OCH3 is 1. The van der Waals surface area contributed by atoms with Crippen molar-refractivity contribution in [2.75, 3.05) is 20.2 Å². The third kappa shape index (κ3) is 4.52. The molecule has 6 nitrogen and oxygen atoms in total. The monoisotopic (exact) mass is 442 g/mol. The molecule has 0 atom stereocenters. The molecule has 33 heavy (non-hydrogen) atoms. The number of carbonyl (C=O) groups is 2. The van der Waals surface area contributed by atoms with Crippen molar-refractivity contribution in [3.63, 3.8) is 0 Å². The van der Waals surface area contributed by atoms with Gasteiger partial charge in [0.2, 0.25) is 0 Å². The minimum Gasteiger partial charge on any atom is -0.486 e. The summed E-state index contributed by atoms with van der Waals surface area (Å²) in [4.78, 5) is 31.5. The molecule has 1 aromatic heterocycles. The smallest absolute Gasteiger partial charge is 0.330 e. The maximum Gasteiger partial charge on any atom is 0.330 e. The number of hydrogen-bond acceptors (Lipinski definition) is 6. The lowest BCUT2D eigenvalue weighted by molar-refractivity contribution is -0.134. The van der Waals surface area contributed by atoms with Crippen molar-refractivity contribution in [3.8, 4) is 5.75 Å². The second kappa shape index (κ2) is 8.79. The fourth-order valence-electron chi connectivity index (χ4n) is 4.67. The van der Waals surface area contributed by atoms with Crippen LogP contribution < -0.4 is 4.74 Å². The van der Waals surface area contributed by atoms with Crippen LogP contribution in [0.2, 0.25) is 0 Å². The Labute approximate surface area is 192 Å². The van der Waals surface area contributed by atoms with Gasteiger partial charge >= 0.3 is 5.97 Å². The fourth-order valence-corrected chi connectivity index (χ4v) is 4.67.